The Hall–Kier alpha value is -1.65. The first kappa shape index (κ1) is 14.3. The van der Waals surface area contributed by atoms with Crippen LogP contribution in [0.25, 0.3) is 0 Å². The average molecular weight is 293 g/mol. The smallest absolute Gasteiger partial charge is 0.192 e. The monoisotopic (exact) mass is 293 g/mol. The number of hydrogen-bond acceptors (Lipinski definition) is 3. The lowest BCUT2D eigenvalue weighted by molar-refractivity contribution is 0.236. The number of nitrogens with two attached hydrogens (primary N) is 1. The van der Waals surface area contributed by atoms with Crippen LogP contribution in [0.2, 0.25) is 0 Å². The average Bonchev–Trinajstić information content (AvgIpc) is 2.65. The molecule has 1 aromatic rings. The van der Waals surface area contributed by atoms with E-state index in [1.165, 1.54) is 37.8 Å². The highest BCUT2D eigenvalue weighted by Gasteiger charge is 2.33. The third-order valence-electron chi connectivity index (χ3n) is 4.51. The van der Waals surface area contributed by atoms with Crippen molar-refractivity contribution in [2.75, 3.05) is 6.54 Å². The lowest BCUT2D eigenvalue weighted by Gasteiger charge is -2.34. The summed E-state index contributed by atoms with van der Waals surface area (Å²) in [6.45, 7) is 0.477. The van der Waals surface area contributed by atoms with Gasteiger partial charge in [-0.25, -0.2) is 8.78 Å². The molecule has 3 rings (SSSR count). The molecule has 0 bridgehead atoms. The summed E-state index contributed by atoms with van der Waals surface area (Å²) >= 11 is 0. The van der Waals surface area contributed by atoms with Gasteiger partial charge in [-0.05, 0) is 30.5 Å². The molecule has 0 aromatic heterocycles. The molecular weight excluding hydrogens is 272 g/mol. The number of hydrogen-bond donors (Lipinski definition) is 1. The van der Waals surface area contributed by atoms with Gasteiger partial charge < -0.3 is 10.6 Å². The van der Waals surface area contributed by atoms with E-state index in [4.69, 9.17) is 5.73 Å². The number of benzene rings is 1. The summed E-state index contributed by atoms with van der Waals surface area (Å²) in [6, 6.07) is 3.88. The van der Waals surface area contributed by atoms with Crippen molar-refractivity contribution in [2.24, 2.45) is 10.7 Å². The van der Waals surface area contributed by atoms with E-state index in [-0.39, 0.29) is 6.04 Å². The summed E-state index contributed by atoms with van der Waals surface area (Å²) in [4.78, 5) is 6.40. The Morgan fingerprint density at radius 2 is 1.62 bits per heavy atom. The van der Waals surface area contributed by atoms with E-state index >= 15 is 0 Å². The predicted molar refractivity (Wildman–Crippen MR) is 78.9 cm³/mol. The highest BCUT2D eigenvalue weighted by molar-refractivity contribution is 5.80. The summed E-state index contributed by atoms with van der Waals surface area (Å²) < 4.78 is 27.0. The number of halogens is 2. The Kier molecular flexibility index (Phi) is 4.08. The van der Waals surface area contributed by atoms with Gasteiger partial charge in [0, 0.05) is 12.1 Å². The maximum Gasteiger partial charge on any atom is 0.192 e. The minimum absolute atomic E-state index is 0.140. The van der Waals surface area contributed by atoms with E-state index in [9.17, 15) is 8.78 Å². The second-order valence-electron chi connectivity index (χ2n) is 5.97. The molecule has 5 heteroatoms. The van der Waals surface area contributed by atoms with Crippen LogP contribution in [0.5, 0.6) is 0 Å². The lowest BCUT2D eigenvalue weighted by Crippen LogP contribution is -2.43. The van der Waals surface area contributed by atoms with Gasteiger partial charge in [-0.1, -0.05) is 25.7 Å². The molecule has 0 saturated heterocycles. The fourth-order valence-electron chi connectivity index (χ4n) is 3.52. The molecule has 1 fully saturated rings. The molecule has 1 aliphatic heterocycles. The van der Waals surface area contributed by atoms with E-state index < -0.39 is 11.6 Å². The summed E-state index contributed by atoms with van der Waals surface area (Å²) in [6.07, 6.45) is 7.01. The van der Waals surface area contributed by atoms with Crippen molar-refractivity contribution in [2.45, 2.75) is 50.6 Å². The van der Waals surface area contributed by atoms with Crippen molar-refractivity contribution in [3.8, 4) is 0 Å². The van der Waals surface area contributed by atoms with Gasteiger partial charge in [-0.2, -0.15) is 0 Å². The van der Waals surface area contributed by atoms with E-state index in [0.29, 0.717) is 24.1 Å². The van der Waals surface area contributed by atoms with Crippen LogP contribution in [0.4, 0.5) is 8.78 Å². The van der Waals surface area contributed by atoms with Crippen molar-refractivity contribution < 1.29 is 8.78 Å². The predicted octanol–water partition coefficient (Wildman–Crippen LogP) is 3.36. The zero-order valence-corrected chi connectivity index (χ0v) is 12.1. The van der Waals surface area contributed by atoms with Gasteiger partial charge in [-0.3, -0.25) is 4.99 Å². The fourth-order valence-corrected chi connectivity index (χ4v) is 3.52. The van der Waals surface area contributed by atoms with Crippen molar-refractivity contribution >= 4 is 5.96 Å². The Labute approximate surface area is 123 Å². The van der Waals surface area contributed by atoms with Gasteiger partial charge >= 0.3 is 0 Å². The third kappa shape index (κ3) is 3.01. The molecule has 0 spiro atoms. The second-order valence-corrected chi connectivity index (χ2v) is 5.97. The summed E-state index contributed by atoms with van der Waals surface area (Å²) in [5.41, 5.74) is 6.68. The van der Waals surface area contributed by atoms with E-state index in [1.54, 1.807) is 0 Å². The van der Waals surface area contributed by atoms with Crippen LogP contribution in [0.3, 0.4) is 0 Å². The van der Waals surface area contributed by atoms with Crippen LogP contribution < -0.4 is 5.73 Å². The quantitative estimate of drug-likeness (QED) is 0.850. The largest absolute Gasteiger partial charge is 0.370 e. The Balaban J connectivity index is 1.87. The van der Waals surface area contributed by atoms with Gasteiger partial charge in [0.25, 0.3) is 0 Å². The number of guanidine groups is 1. The molecule has 1 saturated carbocycles. The first-order valence-corrected chi connectivity index (χ1v) is 7.69. The van der Waals surface area contributed by atoms with Gasteiger partial charge in [0.05, 0.1) is 12.6 Å². The maximum absolute atomic E-state index is 13.5. The Morgan fingerprint density at radius 1 is 1.00 bits per heavy atom. The molecule has 1 heterocycles. The van der Waals surface area contributed by atoms with Gasteiger partial charge in [0.2, 0.25) is 0 Å². The van der Waals surface area contributed by atoms with Crippen molar-refractivity contribution in [3.63, 3.8) is 0 Å². The van der Waals surface area contributed by atoms with Crippen LogP contribution in [-0.4, -0.2) is 23.4 Å². The molecular formula is C16H21F2N3. The maximum atomic E-state index is 13.5. The SMILES string of the molecule is NC1=NCC(c2cc(F)cc(F)c2)N1C1CCCCCC1. The molecule has 0 radical (unpaired) electrons. The molecule has 2 aliphatic rings. The highest BCUT2D eigenvalue weighted by Crippen LogP contribution is 2.33. The zero-order chi connectivity index (χ0) is 14.8. The minimum Gasteiger partial charge on any atom is -0.370 e. The molecule has 21 heavy (non-hydrogen) atoms. The third-order valence-corrected chi connectivity index (χ3v) is 4.51. The van der Waals surface area contributed by atoms with Gasteiger partial charge in [-0.15, -0.1) is 0 Å². The summed E-state index contributed by atoms with van der Waals surface area (Å²) in [5.74, 6) is -0.579. The Bertz CT molecular complexity index is 516. The van der Waals surface area contributed by atoms with Crippen molar-refractivity contribution in [1.82, 2.24) is 4.90 Å². The zero-order valence-electron chi connectivity index (χ0n) is 12.1. The number of nitrogens with zero attached hydrogens (tertiary/aromatic N) is 2. The normalized spacial score (nSPS) is 24.0. The fraction of sp³-hybridized carbons (Fsp3) is 0.562. The first-order valence-electron chi connectivity index (χ1n) is 7.69. The molecule has 0 amide bonds. The molecule has 1 atom stereocenters. The van der Waals surface area contributed by atoms with Crippen LogP contribution in [-0.2, 0) is 0 Å². The number of rotatable bonds is 2. The summed E-state index contributed by atoms with van der Waals surface area (Å²) in [7, 11) is 0. The topological polar surface area (TPSA) is 41.6 Å². The van der Waals surface area contributed by atoms with Gasteiger partial charge in [0.1, 0.15) is 11.6 Å². The van der Waals surface area contributed by atoms with Crippen molar-refractivity contribution in [1.29, 1.82) is 0 Å². The first-order chi connectivity index (χ1) is 10.1. The molecule has 114 valence electrons. The van der Waals surface area contributed by atoms with Crippen LogP contribution in [0.15, 0.2) is 23.2 Å². The molecule has 2 N–H and O–H groups in total. The Morgan fingerprint density at radius 3 is 2.24 bits per heavy atom. The van der Waals surface area contributed by atoms with E-state index in [2.05, 4.69) is 9.89 Å². The molecule has 1 aromatic carbocycles. The van der Waals surface area contributed by atoms with Crippen LogP contribution in [0, 0.1) is 11.6 Å². The standard InChI is InChI=1S/C16H21F2N3/c17-12-7-11(8-13(18)9-12)15-10-20-16(19)21(15)14-5-3-1-2-4-6-14/h7-9,14-15H,1-6,10H2,(H2,19,20). The van der Waals surface area contributed by atoms with Crippen LogP contribution in [0.1, 0.15) is 50.1 Å². The lowest BCUT2D eigenvalue weighted by atomic mass is 10.0. The number of aliphatic imine (C=N–C) groups is 1. The van der Waals surface area contributed by atoms with Gasteiger partial charge in [0.15, 0.2) is 5.96 Å². The van der Waals surface area contributed by atoms with E-state index in [0.717, 1.165) is 18.9 Å². The highest BCUT2D eigenvalue weighted by atomic mass is 19.1. The van der Waals surface area contributed by atoms with E-state index in [1.807, 2.05) is 0 Å². The second kappa shape index (κ2) is 6.00. The molecule has 1 unspecified atom stereocenters. The minimum atomic E-state index is -0.545. The molecule has 3 nitrogen and oxygen atoms in total. The molecule has 1 aliphatic carbocycles. The summed E-state index contributed by atoms with van der Waals surface area (Å²) in [5, 5.41) is 0. The van der Waals surface area contributed by atoms with Crippen LogP contribution >= 0.6 is 0 Å². The van der Waals surface area contributed by atoms with Crippen molar-refractivity contribution in [3.05, 3.63) is 35.4 Å².